The number of hydrogen-bond acceptors (Lipinski definition) is 3. The molecular weight excluding hydrogens is 264 g/mol. The maximum Gasteiger partial charge on any atom is 0.335 e. The third kappa shape index (κ3) is 3.15. The molecule has 19 heavy (non-hydrogen) atoms. The number of benzene rings is 1. The predicted molar refractivity (Wildman–Crippen MR) is 74.4 cm³/mol. The van der Waals surface area contributed by atoms with Crippen molar-refractivity contribution >= 4 is 15.8 Å². The molecule has 1 aromatic rings. The zero-order valence-corrected chi connectivity index (χ0v) is 12.5. The quantitative estimate of drug-likeness (QED) is 0.902. The summed E-state index contributed by atoms with van der Waals surface area (Å²) in [7, 11) is -3.47. The topological polar surface area (TPSA) is 71.4 Å². The molecule has 1 unspecified atom stereocenters. The lowest BCUT2D eigenvalue weighted by molar-refractivity contribution is 0.0696. The van der Waals surface area contributed by atoms with Crippen LogP contribution in [-0.2, 0) is 9.84 Å². The van der Waals surface area contributed by atoms with E-state index in [0.717, 1.165) is 6.42 Å². The molecule has 0 aliphatic rings. The van der Waals surface area contributed by atoms with Gasteiger partial charge in [0.05, 0.1) is 15.7 Å². The summed E-state index contributed by atoms with van der Waals surface area (Å²) in [6.45, 7) is 7.04. The SMILES string of the molecule is CCCC(C)S(=O)(=O)c1cc(C(=O)O)cc(C)c1C. The highest BCUT2D eigenvalue weighted by molar-refractivity contribution is 7.92. The molecule has 5 heteroatoms. The van der Waals surface area contributed by atoms with Gasteiger partial charge in [0, 0.05) is 0 Å². The second kappa shape index (κ2) is 5.74. The van der Waals surface area contributed by atoms with E-state index < -0.39 is 21.1 Å². The summed E-state index contributed by atoms with van der Waals surface area (Å²) in [5.74, 6) is -1.11. The first-order valence-electron chi connectivity index (χ1n) is 6.30. The van der Waals surface area contributed by atoms with Crippen molar-refractivity contribution < 1.29 is 18.3 Å². The van der Waals surface area contributed by atoms with Gasteiger partial charge in [-0.05, 0) is 50.5 Å². The molecule has 0 aliphatic heterocycles. The normalized spacial score (nSPS) is 13.3. The molecule has 1 N–H and O–H groups in total. The summed E-state index contributed by atoms with van der Waals surface area (Å²) < 4.78 is 25.0. The molecule has 1 aromatic carbocycles. The fourth-order valence-electron chi connectivity index (χ4n) is 2.02. The molecule has 0 bridgehead atoms. The first-order chi connectivity index (χ1) is 8.71. The molecule has 0 heterocycles. The summed E-state index contributed by atoms with van der Waals surface area (Å²) in [6.07, 6.45) is 1.34. The van der Waals surface area contributed by atoms with Crippen molar-refractivity contribution in [2.75, 3.05) is 0 Å². The molecular formula is C14H20O4S. The van der Waals surface area contributed by atoms with Gasteiger partial charge in [0.15, 0.2) is 9.84 Å². The Kier molecular flexibility index (Phi) is 4.74. The van der Waals surface area contributed by atoms with E-state index >= 15 is 0 Å². The van der Waals surface area contributed by atoms with Gasteiger partial charge in [-0.1, -0.05) is 13.3 Å². The fraction of sp³-hybridized carbons (Fsp3) is 0.500. The average molecular weight is 284 g/mol. The number of hydrogen-bond donors (Lipinski definition) is 1. The van der Waals surface area contributed by atoms with Crippen molar-refractivity contribution in [2.24, 2.45) is 0 Å². The molecule has 0 aromatic heterocycles. The molecule has 0 saturated carbocycles. The summed E-state index contributed by atoms with van der Waals surface area (Å²) in [4.78, 5) is 11.2. The number of sulfone groups is 1. The van der Waals surface area contributed by atoms with Crippen molar-refractivity contribution in [3.8, 4) is 0 Å². The Morgan fingerprint density at radius 1 is 1.32 bits per heavy atom. The van der Waals surface area contributed by atoms with Gasteiger partial charge >= 0.3 is 5.97 Å². The standard InChI is InChI=1S/C14H20O4S/c1-5-6-10(3)19(17,18)13-8-12(14(15)16)7-9(2)11(13)4/h7-8,10H,5-6H2,1-4H3,(H,15,16). The summed E-state index contributed by atoms with van der Waals surface area (Å²) >= 11 is 0. The first-order valence-corrected chi connectivity index (χ1v) is 7.84. The Balaban J connectivity index is 3.45. The summed E-state index contributed by atoms with van der Waals surface area (Å²) in [6, 6.07) is 2.77. The van der Waals surface area contributed by atoms with Crippen molar-refractivity contribution in [3.63, 3.8) is 0 Å². The van der Waals surface area contributed by atoms with E-state index in [1.165, 1.54) is 12.1 Å². The molecule has 1 rings (SSSR count). The Labute approximate surface area is 114 Å². The van der Waals surface area contributed by atoms with Crippen LogP contribution in [0.5, 0.6) is 0 Å². The van der Waals surface area contributed by atoms with Gasteiger partial charge in [-0.3, -0.25) is 0 Å². The molecule has 0 saturated heterocycles. The van der Waals surface area contributed by atoms with Gasteiger partial charge in [-0.25, -0.2) is 13.2 Å². The van der Waals surface area contributed by atoms with Crippen molar-refractivity contribution in [2.45, 2.75) is 50.7 Å². The predicted octanol–water partition coefficient (Wildman–Crippen LogP) is 2.96. The third-order valence-corrected chi connectivity index (χ3v) is 5.73. The van der Waals surface area contributed by atoms with Gasteiger partial charge < -0.3 is 5.11 Å². The van der Waals surface area contributed by atoms with E-state index in [0.29, 0.717) is 17.5 Å². The minimum absolute atomic E-state index is 0.0189. The highest BCUT2D eigenvalue weighted by Gasteiger charge is 2.26. The number of carboxylic acid groups (broad SMARTS) is 1. The van der Waals surface area contributed by atoms with Crippen LogP contribution in [0.3, 0.4) is 0 Å². The molecule has 0 radical (unpaired) electrons. The summed E-state index contributed by atoms with van der Waals surface area (Å²) in [5.41, 5.74) is 1.33. The minimum atomic E-state index is -3.47. The second-order valence-electron chi connectivity index (χ2n) is 4.87. The fourth-order valence-corrected chi connectivity index (χ4v) is 3.88. The van der Waals surface area contributed by atoms with Gasteiger partial charge in [0.1, 0.15) is 0 Å². The minimum Gasteiger partial charge on any atom is -0.478 e. The monoisotopic (exact) mass is 284 g/mol. The maximum atomic E-state index is 12.5. The summed E-state index contributed by atoms with van der Waals surface area (Å²) in [5, 5.41) is 8.54. The number of carboxylic acids is 1. The molecule has 106 valence electrons. The van der Waals surface area contributed by atoms with Crippen molar-refractivity contribution in [1.29, 1.82) is 0 Å². The maximum absolute atomic E-state index is 12.5. The average Bonchev–Trinajstić information content (AvgIpc) is 2.32. The molecule has 0 amide bonds. The van der Waals surface area contributed by atoms with E-state index in [1.54, 1.807) is 20.8 Å². The zero-order chi connectivity index (χ0) is 14.8. The molecule has 0 fully saturated rings. The smallest absolute Gasteiger partial charge is 0.335 e. The number of carbonyl (C=O) groups is 1. The van der Waals surface area contributed by atoms with Crippen LogP contribution >= 0.6 is 0 Å². The number of rotatable bonds is 5. The molecule has 4 nitrogen and oxygen atoms in total. The Bertz CT molecular complexity index is 588. The lowest BCUT2D eigenvalue weighted by atomic mass is 10.1. The molecule has 0 spiro atoms. The van der Waals surface area contributed by atoms with Crippen LogP contribution in [0.15, 0.2) is 17.0 Å². The van der Waals surface area contributed by atoms with Gasteiger partial charge in [-0.2, -0.15) is 0 Å². The second-order valence-corrected chi connectivity index (χ2v) is 7.20. The van der Waals surface area contributed by atoms with E-state index in [2.05, 4.69) is 0 Å². The third-order valence-electron chi connectivity index (χ3n) is 3.40. The first kappa shape index (κ1) is 15.7. The molecule has 0 aliphatic carbocycles. The Morgan fingerprint density at radius 2 is 1.89 bits per heavy atom. The van der Waals surface area contributed by atoms with E-state index in [9.17, 15) is 13.2 Å². The van der Waals surface area contributed by atoms with E-state index in [1.807, 2.05) is 6.92 Å². The van der Waals surface area contributed by atoms with Crippen LogP contribution in [0.2, 0.25) is 0 Å². The van der Waals surface area contributed by atoms with Crippen LogP contribution in [-0.4, -0.2) is 24.7 Å². The van der Waals surface area contributed by atoms with Crippen LogP contribution in [0.4, 0.5) is 0 Å². The highest BCUT2D eigenvalue weighted by Crippen LogP contribution is 2.26. The van der Waals surface area contributed by atoms with E-state index in [4.69, 9.17) is 5.11 Å². The largest absolute Gasteiger partial charge is 0.478 e. The number of aryl methyl sites for hydroxylation is 1. The van der Waals surface area contributed by atoms with Gasteiger partial charge in [-0.15, -0.1) is 0 Å². The zero-order valence-electron chi connectivity index (χ0n) is 11.7. The Hall–Kier alpha value is -1.36. The Morgan fingerprint density at radius 3 is 2.37 bits per heavy atom. The van der Waals surface area contributed by atoms with Crippen LogP contribution in [0.25, 0.3) is 0 Å². The lowest BCUT2D eigenvalue weighted by Gasteiger charge is -2.16. The number of aromatic carboxylic acids is 1. The van der Waals surface area contributed by atoms with Gasteiger partial charge in [0.25, 0.3) is 0 Å². The van der Waals surface area contributed by atoms with Gasteiger partial charge in [0.2, 0.25) is 0 Å². The molecule has 1 atom stereocenters. The van der Waals surface area contributed by atoms with Crippen LogP contribution in [0, 0.1) is 13.8 Å². The van der Waals surface area contributed by atoms with Crippen molar-refractivity contribution in [1.82, 2.24) is 0 Å². The van der Waals surface area contributed by atoms with Crippen LogP contribution in [0.1, 0.15) is 48.2 Å². The lowest BCUT2D eigenvalue weighted by Crippen LogP contribution is -2.19. The van der Waals surface area contributed by atoms with Crippen molar-refractivity contribution in [3.05, 3.63) is 28.8 Å². The van der Waals surface area contributed by atoms with E-state index in [-0.39, 0.29) is 10.5 Å². The highest BCUT2D eigenvalue weighted by atomic mass is 32.2. The van der Waals surface area contributed by atoms with Crippen LogP contribution < -0.4 is 0 Å².